The molecule has 1 unspecified atom stereocenters. The standard InChI is InChI=1S/C18H20Cl2N2O/c1-21-18(23)17-13-8-12-3-5-16(17)22(12)9-11(13)6-10-2-4-14(19)15(20)7-10/h2,4,6-7,12-13,16-17H,3,5,8-9H2,1H3,(H,21,23)/b11-6+/t12-,13+,16+,17-/m0/s1. The molecule has 4 bridgehead atoms. The summed E-state index contributed by atoms with van der Waals surface area (Å²) >= 11 is 12.1. The van der Waals surface area contributed by atoms with Crippen LogP contribution in [-0.2, 0) is 4.79 Å². The average Bonchev–Trinajstić information content (AvgIpc) is 2.85. The van der Waals surface area contributed by atoms with Gasteiger partial charge in [-0.05, 0) is 42.9 Å². The number of carbonyl (C=O) groups is 1. The molecule has 5 atom stereocenters. The lowest BCUT2D eigenvalue weighted by Gasteiger charge is -2.51. The van der Waals surface area contributed by atoms with Gasteiger partial charge in [0.2, 0.25) is 5.91 Å². The molecule has 0 aromatic heterocycles. The zero-order chi connectivity index (χ0) is 16.1. The van der Waals surface area contributed by atoms with Crippen LogP contribution in [0.3, 0.4) is 0 Å². The van der Waals surface area contributed by atoms with Gasteiger partial charge in [0.05, 0.1) is 16.0 Å². The quantitative estimate of drug-likeness (QED) is 0.883. The van der Waals surface area contributed by atoms with Crippen LogP contribution in [0.5, 0.6) is 0 Å². The van der Waals surface area contributed by atoms with E-state index in [2.05, 4.69) is 16.3 Å². The van der Waals surface area contributed by atoms with Crippen LogP contribution in [0, 0.1) is 11.8 Å². The SMILES string of the molecule is CNC(=O)[C@H]1[C@@H]2C[C@@H]3CC[C@H]1N3C/C2=C\c1ccc(Cl)c(Cl)c1. The van der Waals surface area contributed by atoms with Crippen LogP contribution in [0.2, 0.25) is 10.0 Å². The minimum Gasteiger partial charge on any atom is -0.359 e. The van der Waals surface area contributed by atoms with Crippen molar-refractivity contribution >= 4 is 35.2 Å². The van der Waals surface area contributed by atoms with Gasteiger partial charge < -0.3 is 5.32 Å². The molecule has 0 saturated carbocycles. The highest BCUT2D eigenvalue weighted by molar-refractivity contribution is 6.42. The first-order valence-electron chi connectivity index (χ1n) is 8.21. The summed E-state index contributed by atoms with van der Waals surface area (Å²) in [4.78, 5) is 15.0. The van der Waals surface area contributed by atoms with E-state index < -0.39 is 0 Å². The Morgan fingerprint density at radius 1 is 1.30 bits per heavy atom. The van der Waals surface area contributed by atoms with Crippen LogP contribution in [0.15, 0.2) is 23.8 Å². The maximum absolute atomic E-state index is 12.4. The molecule has 4 saturated heterocycles. The first-order valence-corrected chi connectivity index (χ1v) is 8.97. The molecule has 1 aromatic rings. The second-order valence-electron chi connectivity index (χ2n) is 6.85. The summed E-state index contributed by atoms with van der Waals surface area (Å²) in [5.74, 6) is 0.624. The maximum Gasteiger partial charge on any atom is 0.225 e. The number of carbonyl (C=O) groups excluding carboxylic acids is 1. The van der Waals surface area contributed by atoms with Gasteiger partial charge in [0.1, 0.15) is 0 Å². The summed E-state index contributed by atoms with van der Waals surface area (Å²) in [6, 6.07) is 6.80. The summed E-state index contributed by atoms with van der Waals surface area (Å²) in [6.07, 6.45) is 5.68. The van der Waals surface area contributed by atoms with Crippen molar-refractivity contribution in [3.8, 4) is 0 Å². The normalized spacial score (nSPS) is 36.5. The molecule has 1 N–H and O–H groups in total. The third-order valence-corrected chi connectivity index (χ3v) is 6.49. The summed E-state index contributed by atoms with van der Waals surface area (Å²) in [5.41, 5.74) is 2.41. The Kier molecular flexibility index (Phi) is 3.91. The first-order chi connectivity index (χ1) is 11.1. The minimum absolute atomic E-state index is 0.0847. The largest absolute Gasteiger partial charge is 0.359 e. The number of fused-ring (bicyclic) bond motifs is 1. The highest BCUT2D eigenvalue weighted by Crippen LogP contribution is 2.50. The molecule has 23 heavy (non-hydrogen) atoms. The van der Waals surface area contributed by atoms with Gasteiger partial charge >= 0.3 is 0 Å². The molecule has 122 valence electrons. The van der Waals surface area contributed by atoms with Gasteiger partial charge in [-0.3, -0.25) is 9.69 Å². The molecule has 4 aliphatic heterocycles. The molecule has 0 radical (unpaired) electrons. The fourth-order valence-electron chi connectivity index (χ4n) is 4.76. The number of piperidine rings is 3. The van der Waals surface area contributed by atoms with Gasteiger partial charge in [-0.1, -0.05) is 40.9 Å². The van der Waals surface area contributed by atoms with Crippen LogP contribution in [0.4, 0.5) is 0 Å². The molecular formula is C18H20Cl2N2O. The van der Waals surface area contributed by atoms with Gasteiger partial charge in [0.25, 0.3) is 0 Å². The third-order valence-electron chi connectivity index (χ3n) is 5.75. The number of rotatable bonds is 2. The number of amides is 1. The summed E-state index contributed by atoms with van der Waals surface area (Å²) in [7, 11) is 1.74. The van der Waals surface area contributed by atoms with Crippen LogP contribution in [-0.4, -0.2) is 36.5 Å². The Hall–Kier alpha value is -1.03. The third kappa shape index (κ3) is 2.50. The first kappa shape index (κ1) is 15.5. The summed E-state index contributed by atoms with van der Waals surface area (Å²) < 4.78 is 0. The monoisotopic (exact) mass is 350 g/mol. The Bertz CT molecular complexity index is 688. The van der Waals surface area contributed by atoms with E-state index in [1.807, 2.05) is 18.2 Å². The fourth-order valence-corrected chi connectivity index (χ4v) is 5.07. The molecule has 4 fully saturated rings. The number of nitrogens with zero attached hydrogens (tertiary/aromatic N) is 1. The Morgan fingerprint density at radius 2 is 2.13 bits per heavy atom. The van der Waals surface area contributed by atoms with Crippen molar-refractivity contribution in [3.05, 3.63) is 39.4 Å². The Balaban J connectivity index is 1.69. The van der Waals surface area contributed by atoms with Gasteiger partial charge in [-0.25, -0.2) is 0 Å². The number of hydrogen-bond acceptors (Lipinski definition) is 2. The minimum atomic E-state index is 0.0847. The highest BCUT2D eigenvalue weighted by Gasteiger charge is 2.54. The van der Waals surface area contributed by atoms with Crippen molar-refractivity contribution < 1.29 is 4.79 Å². The molecule has 1 amide bonds. The second kappa shape index (κ2) is 5.80. The zero-order valence-corrected chi connectivity index (χ0v) is 14.6. The smallest absolute Gasteiger partial charge is 0.225 e. The Labute approximate surface area is 146 Å². The van der Waals surface area contributed by atoms with E-state index in [0.29, 0.717) is 28.0 Å². The van der Waals surface area contributed by atoms with Gasteiger partial charge in [0, 0.05) is 25.7 Å². The molecule has 0 aliphatic carbocycles. The summed E-state index contributed by atoms with van der Waals surface area (Å²) in [6.45, 7) is 0.980. The average molecular weight is 351 g/mol. The predicted molar refractivity (Wildman–Crippen MR) is 93.6 cm³/mol. The molecule has 3 nitrogen and oxygen atoms in total. The van der Waals surface area contributed by atoms with Crippen molar-refractivity contribution in [2.24, 2.45) is 11.8 Å². The summed E-state index contributed by atoms with van der Waals surface area (Å²) in [5, 5.41) is 4.02. The van der Waals surface area contributed by atoms with Crippen molar-refractivity contribution in [1.82, 2.24) is 10.2 Å². The van der Waals surface area contributed by atoms with E-state index in [0.717, 1.165) is 24.9 Å². The lowest BCUT2D eigenvalue weighted by molar-refractivity contribution is -0.131. The van der Waals surface area contributed by atoms with Gasteiger partial charge in [0.15, 0.2) is 0 Å². The van der Waals surface area contributed by atoms with E-state index in [1.54, 1.807) is 7.05 Å². The van der Waals surface area contributed by atoms with Crippen LogP contribution >= 0.6 is 23.2 Å². The van der Waals surface area contributed by atoms with Crippen molar-refractivity contribution in [1.29, 1.82) is 0 Å². The van der Waals surface area contributed by atoms with Gasteiger partial charge in [-0.2, -0.15) is 0 Å². The molecule has 1 aromatic carbocycles. The van der Waals surface area contributed by atoms with Crippen LogP contribution in [0.1, 0.15) is 24.8 Å². The highest BCUT2D eigenvalue weighted by atomic mass is 35.5. The van der Waals surface area contributed by atoms with E-state index >= 15 is 0 Å². The van der Waals surface area contributed by atoms with E-state index in [1.165, 1.54) is 12.0 Å². The maximum atomic E-state index is 12.4. The number of halogens is 2. The van der Waals surface area contributed by atoms with E-state index in [-0.39, 0.29) is 11.8 Å². The molecular weight excluding hydrogens is 331 g/mol. The van der Waals surface area contributed by atoms with Gasteiger partial charge in [-0.15, -0.1) is 0 Å². The molecule has 4 heterocycles. The van der Waals surface area contributed by atoms with Crippen molar-refractivity contribution in [2.75, 3.05) is 13.6 Å². The fraction of sp³-hybridized carbons (Fsp3) is 0.500. The lowest BCUT2D eigenvalue weighted by Crippen LogP contribution is -2.59. The molecule has 0 spiro atoms. The predicted octanol–water partition coefficient (Wildman–Crippen LogP) is 3.61. The van der Waals surface area contributed by atoms with E-state index in [9.17, 15) is 4.79 Å². The second-order valence-corrected chi connectivity index (χ2v) is 7.66. The van der Waals surface area contributed by atoms with Crippen LogP contribution in [0.25, 0.3) is 6.08 Å². The van der Waals surface area contributed by atoms with Crippen molar-refractivity contribution in [3.63, 3.8) is 0 Å². The molecule has 4 aliphatic rings. The molecule has 5 heteroatoms. The lowest BCUT2D eigenvalue weighted by atomic mass is 9.70. The number of hydrogen-bond donors (Lipinski definition) is 1. The number of nitrogens with one attached hydrogen (secondary N) is 1. The number of benzene rings is 1. The zero-order valence-electron chi connectivity index (χ0n) is 13.1. The Morgan fingerprint density at radius 3 is 2.87 bits per heavy atom. The molecule has 5 rings (SSSR count). The van der Waals surface area contributed by atoms with Crippen molar-refractivity contribution in [2.45, 2.75) is 31.3 Å². The van der Waals surface area contributed by atoms with E-state index in [4.69, 9.17) is 23.2 Å². The topological polar surface area (TPSA) is 32.3 Å². The van der Waals surface area contributed by atoms with Crippen LogP contribution < -0.4 is 5.32 Å².